The van der Waals surface area contributed by atoms with Crippen LogP contribution < -0.4 is 5.32 Å². The Kier molecular flexibility index (Phi) is 5.37. The number of rotatable bonds is 5. The van der Waals surface area contributed by atoms with E-state index in [0.717, 1.165) is 15.6 Å². The zero-order valence-electron chi connectivity index (χ0n) is 13.3. The Morgan fingerprint density at radius 3 is 2.25 bits per heavy atom. The van der Waals surface area contributed by atoms with E-state index >= 15 is 0 Å². The lowest BCUT2D eigenvalue weighted by atomic mass is 10.2. The predicted molar refractivity (Wildman–Crippen MR) is 90.9 cm³/mol. The van der Waals surface area contributed by atoms with Crippen molar-refractivity contribution >= 4 is 38.2 Å². The number of nitrogens with one attached hydrogen (secondary N) is 1. The molecule has 24 heavy (non-hydrogen) atoms. The first-order valence-corrected chi connectivity index (χ1v) is 9.03. The van der Waals surface area contributed by atoms with Crippen molar-refractivity contribution in [3.05, 3.63) is 46.8 Å². The summed E-state index contributed by atoms with van der Waals surface area (Å²) in [5.74, 6) is -0.874. The largest absolute Gasteiger partial charge is 0.465 e. The number of amides is 1. The number of anilines is 1. The quantitative estimate of drug-likeness (QED) is 0.815. The highest BCUT2D eigenvalue weighted by Gasteiger charge is 2.18. The first-order valence-electron chi connectivity index (χ1n) is 6.78. The third-order valence-electron chi connectivity index (χ3n) is 3.12. The number of nitrogens with zero attached hydrogens (tertiary/aromatic N) is 1. The number of methoxy groups -OCH3 is 1. The lowest BCUT2D eigenvalue weighted by molar-refractivity contribution is 0.0606. The van der Waals surface area contributed by atoms with E-state index in [2.05, 4.69) is 10.1 Å². The van der Waals surface area contributed by atoms with Crippen molar-refractivity contribution in [1.29, 1.82) is 0 Å². The van der Waals surface area contributed by atoms with Crippen molar-refractivity contribution in [2.75, 3.05) is 26.5 Å². The molecule has 2 aromatic rings. The van der Waals surface area contributed by atoms with E-state index in [9.17, 15) is 18.0 Å². The van der Waals surface area contributed by atoms with E-state index in [0.29, 0.717) is 15.4 Å². The summed E-state index contributed by atoms with van der Waals surface area (Å²) in [6.07, 6.45) is 0. The molecule has 0 atom stereocenters. The summed E-state index contributed by atoms with van der Waals surface area (Å²) in [6, 6.07) is 8.76. The minimum absolute atomic E-state index is 0.105. The zero-order chi connectivity index (χ0) is 17.9. The molecule has 1 N–H and O–H groups in total. The van der Waals surface area contributed by atoms with Gasteiger partial charge in [0.05, 0.1) is 17.0 Å². The van der Waals surface area contributed by atoms with Gasteiger partial charge in [0, 0.05) is 19.7 Å². The molecule has 128 valence electrons. The summed E-state index contributed by atoms with van der Waals surface area (Å²) in [6.45, 7) is 0. The number of benzene rings is 1. The van der Waals surface area contributed by atoms with Crippen LogP contribution in [-0.2, 0) is 14.8 Å². The Bertz CT molecular complexity index is 854. The van der Waals surface area contributed by atoms with E-state index in [1.807, 2.05) is 0 Å². The maximum atomic E-state index is 12.2. The van der Waals surface area contributed by atoms with Gasteiger partial charge in [0.2, 0.25) is 10.0 Å². The van der Waals surface area contributed by atoms with Gasteiger partial charge in [-0.1, -0.05) is 0 Å². The number of hydrogen-bond donors (Lipinski definition) is 1. The van der Waals surface area contributed by atoms with Crippen LogP contribution in [0.15, 0.2) is 41.3 Å². The maximum Gasteiger partial charge on any atom is 0.348 e. The van der Waals surface area contributed by atoms with Crippen LogP contribution in [0.3, 0.4) is 0 Å². The van der Waals surface area contributed by atoms with Gasteiger partial charge in [-0.3, -0.25) is 4.79 Å². The summed E-state index contributed by atoms with van der Waals surface area (Å²) in [4.78, 5) is 24.0. The smallest absolute Gasteiger partial charge is 0.348 e. The fourth-order valence-electron chi connectivity index (χ4n) is 1.79. The molecular formula is C15H16N2O5S2. The summed E-state index contributed by atoms with van der Waals surface area (Å²) >= 11 is 1.09. The molecular weight excluding hydrogens is 352 g/mol. The van der Waals surface area contributed by atoms with Gasteiger partial charge < -0.3 is 10.1 Å². The second-order valence-corrected chi connectivity index (χ2v) is 8.16. The molecule has 0 aliphatic rings. The van der Waals surface area contributed by atoms with Gasteiger partial charge >= 0.3 is 5.97 Å². The van der Waals surface area contributed by atoms with Crippen LogP contribution in [0.25, 0.3) is 0 Å². The van der Waals surface area contributed by atoms with Crippen LogP contribution in [0.5, 0.6) is 0 Å². The topological polar surface area (TPSA) is 92.8 Å². The average molecular weight is 368 g/mol. The van der Waals surface area contributed by atoms with Crippen molar-refractivity contribution in [3.8, 4) is 0 Å². The van der Waals surface area contributed by atoms with E-state index < -0.39 is 21.9 Å². The monoisotopic (exact) mass is 368 g/mol. The number of thiophene rings is 1. The zero-order valence-corrected chi connectivity index (χ0v) is 14.9. The molecule has 0 aliphatic heterocycles. The maximum absolute atomic E-state index is 12.2. The predicted octanol–water partition coefficient (Wildman–Crippen LogP) is 2.04. The minimum atomic E-state index is -3.54. The summed E-state index contributed by atoms with van der Waals surface area (Å²) < 4.78 is 29.7. The molecule has 0 radical (unpaired) electrons. The third kappa shape index (κ3) is 3.81. The molecule has 0 aliphatic carbocycles. The van der Waals surface area contributed by atoms with Crippen molar-refractivity contribution < 1.29 is 22.7 Å². The lowest BCUT2D eigenvalue weighted by Gasteiger charge is -2.11. The Hall–Kier alpha value is -2.23. The second-order valence-electron chi connectivity index (χ2n) is 4.92. The average Bonchev–Trinajstić information content (AvgIpc) is 3.02. The highest BCUT2D eigenvalue weighted by Crippen LogP contribution is 2.23. The van der Waals surface area contributed by atoms with Gasteiger partial charge in [0.15, 0.2) is 0 Å². The van der Waals surface area contributed by atoms with Gasteiger partial charge in [-0.2, -0.15) is 0 Å². The number of sulfonamides is 1. The Morgan fingerprint density at radius 1 is 1.08 bits per heavy atom. The molecule has 1 aromatic carbocycles. The summed E-state index contributed by atoms with van der Waals surface area (Å²) in [5, 5.41) is 3.14. The van der Waals surface area contributed by atoms with Gasteiger partial charge in [-0.05, 0) is 36.4 Å². The van der Waals surface area contributed by atoms with Crippen molar-refractivity contribution in [2.24, 2.45) is 0 Å². The standard InChI is InChI=1S/C15H16N2O5S2/c1-17(2)24(20,21)11-6-4-10(5-7-11)14(18)16-13-9-8-12(23-13)15(19)22-3/h4-9H,1-3H3,(H,16,18). The van der Waals surface area contributed by atoms with Crippen LogP contribution in [0.1, 0.15) is 20.0 Å². The molecule has 1 aromatic heterocycles. The number of carbonyl (C=O) groups is 2. The fraction of sp³-hybridized carbons (Fsp3) is 0.200. The number of esters is 1. The second kappa shape index (κ2) is 7.12. The molecule has 0 bridgehead atoms. The van der Waals surface area contributed by atoms with Crippen LogP contribution in [0, 0.1) is 0 Å². The SMILES string of the molecule is COC(=O)c1ccc(NC(=O)c2ccc(S(=O)(=O)N(C)C)cc2)s1. The molecule has 2 rings (SSSR count). The van der Waals surface area contributed by atoms with Crippen LogP contribution in [0.2, 0.25) is 0 Å². The number of ether oxygens (including phenoxy) is 1. The Balaban J connectivity index is 2.13. The van der Waals surface area contributed by atoms with Crippen molar-refractivity contribution in [3.63, 3.8) is 0 Å². The van der Waals surface area contributed by atoms with Gasteiger partial charge in [0.1, 0.15) is 4.88 Å². The Labute approximate surface area is 143 Å². The van der Waals surface area contributed by atoms with E-state index in [1.165, 1.54) is 45.5 Å². The third-order valence-corrected chi connectivity index (χ3v) is 5.93. The molecule has 0 unspecified atom stereocenters. The Morgan fingerprint density at radius 2 is 1.71 bits per heavy atom. The van der Waals surface area contributed by atoms with Crippen molar-refractivity contribution in [1.82, 2.24) is 4.31 Å². The lowest BCUT2D eigenvalue weighted by Crippen LogP contribution is -2.22. The molecule has 7 nitrogen and oxygen atoms in total. The fourth-order valence-corrected chi connectivity index (χ4v) is 3.51. The van der Waals surface area contributed by atoms with Gasteiger partial charge in [0.25, 0.3) is 5.91 Å². The molecule has 0 saturated heterocycles. The van der Waals surface area contributed by atoms with E-state index in [1.54, 1.807) is 12.1 Å². The summed E-state index contributed by atoms with van der Waals surface area (Å²) in [5.41, 5.74) is 0.306. The van der Waals surface area contributed by atoms with Crippen LogP contribution >= 0.6 is 11.3 Å². The van der Waals surface area contributed by atoms with Crippen LogP contribution in [0.4, 0.5) is 5.00 Å². The molecule has 0 spiro atoms. The molecule has 0 saturated carbocycles. The first-order chi connectivity index (χ1) is 11.3. The number of carbonyl (C=O) groups excluding carboxylic acids is 2. The van der Waals surface area contributed by atoms with E-state index in [4.69, 9.17) is 0 Å². The highest BCUT2D eigenvalue weighted by atomic mass is 32.2. The normalized spacial score (nSPS) is 11.3. The minimum Gasteiger partial charge on any atom is -0.465 e. The van der Waals surface area contributed by atoms with Crippen molar-refractivity contribution in [2.45, 2.75) is 4.90 Å². The summed E-state index contributed by atoms with van der Waals surface area (Å²) in [7, 11) is 0.619. The van der Waals surface area contributed by atoms with Gasteiger partial charge in [-0.15, -0.1) is 11.3 Å². The first kappa shape index (κ1) is 18.1. The molecule has 0 fully saturated rings. The van der Waals surface area contributed by atoms with E-state index in [-0.39, 0.29) is 4.90 Å². The molecule has 1 amide bonds. The highest BCUT2D eigenvalue weighted by molar-refractivity contribution is 7.89. The molecule has 9 heteroatoms. The van der Waals surface area contributed by atoms with Crippen LogP contribution in [-0.4, -0.2) is 45.8 Å². The van der Waals surface area contributed by atoms with Gasteiger partial charge in [-0.25, -0.2) is 17.5 Å². The number of hydrogen-bond acceptors (Lipinski definition) is 6. The molecule has 1 heterocycles.